The largest absolute Gasteiger partial charge is 0.459 e. The lowest BCUT2D eigenvalue weighted by atomic mass is 10.2. The third-order valence-corrected chi connectivity index (χ3v) is 5.64. The molecule has 0 aliphatic rings. The highest BCUT2D eigenvalue weighted by Crippen LogP contribution is 2.32. The quantitative estimate of drug-likeness (QED) is 0.377. The van der Waals surface area contributed by atoms with Gasteiger partial charge in [0.25, 0.3) is 11.8 Å². The van der Waals surface area contributed by atoms with Crippen LogP contribution in [0.3, 0.4) is 0 Å². The average Bonchev–Trinajstić information content (AvgIpc) is 3.41. The minimum absolute atomic E-state index is 0.208. The maximum Gasteiger partial charge on any atom is 0.291 e. The second-order valence-corrected chi connectivity index (χ2v) is 7.97. The van der Waals surface area contributed by atoms with Crippen LogP contribution in [0.25, 0.3) is 0 Å². The van der Waals surface area contributed by atoms with Crippen LogP contribution < -0.4 is 15.4 Å². The fraction of sp³-hybridized carbons (Fsp3) is 0.0833. The monoisotopic (exact) mass is 432 g/mol. The summed E-state index contributed by atoms with van der Waals surface area (Å²) < 4.78 is 11.1. The number of benzene rings is 2. The molecule has 0 atom stereocenters. The predicted molar refractivity (Wildman–Crippen MR) is 121 cm³/mol. The van der Waals surface area contributed by atoms with Crippen molar-refractivity contribution in [3.05, 3.63) is 94.8 Å². The lowest BCUT2D eigenvalue weighted by Crippen LogP contribution is -2.12. The van der Waals surface area contributed by atoms with Crippen molar-refractivity contribution in [3.63, 3.8) is 0 Å². The molecule has 0 unspecified atom stereocenters. The lowest BCUT2D eigenvalue weighted by Gasteiger charge is -2.12. The maximum atomic E-state index is 12.9. The van der Waals surface area contributed by atoms with Gasteiger partial charge >= 0.3 is 0 Å². The van der Waals surface area contributed by atoms with Gasteiger partial charge in [0.1, 0.15) is 5.75 Å². The molecule has 4 aromatic rings. The van der Waals surface area contributed by atoms with E-state index in [1.165, 1.54) is 17.6 Å². The molecule has 0 aliphatic heterocycles. The van der Waals surface area contributed by atoms with Crippen molar-refractivity contribution in [2.45, 2.75) is 13.8 Å². The lowest BCUT2D eigenvalue weighted by molar-refractivity contribution is 0.0995. The zero-order valence-electron chi connectivity index (χ0n) is 17.0. The van der Waals surface area contributed by atoms with Crippen LogP contribution in [0.4, 0.5) is 10.7 Å². The highest BCUT2D eigenvalue weighted by Gasteiger charge is 2.18. The van der Waals surface area contributed by atoms with Gasteiger partial charge in [0.2, 0.25) is 0 Å². The van der Waals surface area contributed by atoms with Gasteiger partial charge in [-0.25, -0.2) is 0 Å². The van der Waals surface area contributed by atoms with Crippen molar-refractivity contribution in [2.75, 3.05) is 10.6 Å². The van der Waals surface area contributed by atoms with Gasteiger partial charge in [-0.3, -0.25) is 9.59 Å². The van der Waals surface area contributed by atoms with E-state index in [1.807, 2.05) is 50.2 Å². The van der Waals surface area contributed by atoms with Gasteiger partial charge in [-0.2, -0.15) is 0 Å². The van der Waals surface area contributed by atoms with Crippen molar-refractivity contribution in [1.29, 1.82) is 0 Å². The molecule has 0 spiro atoms. The summed E-state index contributed by atoms with van der Waals surface area (Å²) in [6.07, 6.45) is 1.43. The molecule has 6 nitrogen and oxygen atoms in total. The molecule has 2 heterocycles. The maximum absolute atomic E-state index is 12.9. The third kappa shape index (κ3) is 4.84. The Bertz CT molecular complexity index is 1210. The number of aryl methyl sites for hydroxylation is 2. The normalized spacial score (nSPS) is 10.5. The number of anilines is 2. The highest BCUT2D eigenvalue weighted by molar-refractivity contribution is 7.18. The fourth-order valence-electron chi connectivity index (χ4n) is 2.92. The first-order valence-corrected chi connectivity index (χ1v) is 10.4. The molecule has 0 radical (unpaired) electrons. The topological polar surface area (TPSA) is 80.6 Å². The average molecular weight is 433 g/mol. The Kier molecular flexibility index (Phi) is 5.86. The van der Waals surface area contributed by atoms with Gasteiger partial charge in [0, 0.05) is 0 Å². The number of carbonyl (C=O) groups excluding carboxylic acids is 2. The minimum atomic E-state index is -0.366. The number of hydrogen-bond donors (Lipinski definition) is 2. The molecule has 0 saturated carbocycles. The summed E-state index contributed by atoms with van der Waals surface area (Å²) in [6.45, 7) is 3.83. The van der Waals surface area contributed by atoms with E-state index in [0.29, 0.717) is 27.1 Å². The van der Waals surface area contributed by atoms with E-state index < -0.39 is 0 Å². The number of amides is 2. The molecule has 2 amide bonds. The van der Waals surface area contributed by atoms with Gasteiger partial charge in [-0.1, -0.05) is 29.8 Å². The summed E-state index contributed by atoms with van der Waals surface area (Å²) in [5.41, 5.74) is 2.45. The zero-order valence-corrected chi connectivity index (χ0v) is 17.8. The molecule has 2 aromatic carbocycles. The van der Waals surface area contributed by atoms with Crippen molar-refractivity contribution in [2.24, 2.45) is 0 Å². The van der Waals surface area contributed by atoms with Gasteiger partial charge in [0.05, 0.1) is 21.8 Å². The fourth-order valence-corrected chi connectivity index (χ4v) is 3.88. The number of rotatable bonds is 6. The number of hydrogen-bond acceptors (Lipinski definition) is 5. The summed E-state index contributed by atoms with van der Waals surface area (Å²) in [5.74, 6) is 0.790. The summed E-state index contributed by atoms with van der Waals surface area (Å²) in [6, 6.07) is 19.9. The van der Waals surface area contributed by atoms with Gasteiger partial charge in [-0.15, -0.1) is 11.3 Å². The van der Waals surface area contributed by atoms with Crippen LogP contribution >= 0.6 is 11.3 Å². The number of para-hydroxylation sites is 2. The molecule has 0 fully saturated rings. The Hall–Kier alpha value is -3.84. The molecule has 2 N–H and O–H groups in total. The smallest absolute Gasteiger partial charge is 0.291 e. The van der Waals surface area contributed by atoms with Crippen molar-refractivity contribution < 1.29 is 18.7 Å². The second kappa shape index (κ2) is 8.89. The number of nitrogens with one attached hydrogen (secondary N) is 2. The van der Waals surface area contributed by atoms with Crippen molar-refractivity contribution in [3.8, 4) is 11.5 Å². The molecule has 0 saturated heterocycles. The van der Waals surface area contributed by atoms with Gasteiger partial charge in [0.15, 0.2) is 11.5 Å². The highest BCUT2D eigenvalue weighted by atomic mass is 32.1. The molecule has 0 aliphatic carbocycles. The molecule has 0 bridgehead atoms. The summed E-state index contributed by atoms with van der Waals surface area (Å²) in [4.78, 5) is 25.6. The van der Waals surface area contributed by atoms with E-state index in [0.717, 1.165) is 11.1 Å². The van der Waals surface area contributed by atoms with Crippen LogP contribution in [-0.2, 0) is 0 Å². The van der Waals surface area contributed by atoms with E-state index >= 15 is 0 Å². The van der Waals surface area contributed by atoms with Crippen LogP contribution in [0.2, 0.25) is 0 Å². The summed E-state index contributed by atoms with van der Waals surface area (Å²) in [7, 11) is 0. The summed E-state index contributed by atoms with van der Waals surface area (Å²) in [5, 5.41) is 6.23. The van der Waals surface area contributed by atoms with E-state index in [9.17, 15) is 9.59 Å². The van der Waals surface area contributed by atoms with E-state index in [2.05, 4.69) is 10.6 Å². The van der Waals surface area contributed by atoms with Crippen LogP contribution in [0.15, 0.2) is 77.4 Å². The Morgan fingerprint density at radius 1 is 0.903 bits per heavy atom. The van der Waals surface area contributed by atoms with Crippen LogP contribution in [-0.4, -0.2) is 11.8 Å². The number of ether oxygens (including phenoxy) is 1. The van der Waals surface area contributed by atoms with Crippen molar-refractivity contribution in [1.82, 2.24) is 0 Å². The van der Waals surface area contributed by atoms with Crippen molar-refractivity contribution >= 4 is 33.8 Å². The number of furan rings is 1. The van der Waals surface area contributed by atoms with Crippen LogP contribution in [0, 0.1) is 13.8 Å². The molecule has 2 aromatic heterocycles. The Morgan fingerprint density at radius 3 is 2.42 bits per heavy atom. The molecule has 4 rings (SSSR count). The van der Waals surface area contributed by atoms with Crippen LogP contribution in [0.1, 0.15) is 31.4 Å². The SMILES string of the molecule is Cc1ccc(Oc2ccccc2NC(=O)c2sc(NC(=O)c3ccco3)cc2C)cc1. The van der Waals surface area contributed by atoms with E-state index in [1.54, 1.807) is 30.3 Å². The van der Waals surface area contributed by atoms with Gasteiger partial charge < -0.3 is 19.8 Å². The first-order valence-electron chi connectivity index (χ1n) is 9.60. The molecular weight excluding hydrogens is 412 g/mol. The predicted octanol–water partition coefficient (Wildman–Crippen LogP) is 6.25. The molecule has 7 heteroatoms. The number of carbonyl (C=O) groups is 2. The number of thiophene rings is 1. The minimum Gasteiger partial charge on any atom is -0.459 e. The summed E-state index contributed by atoms with van der Waals surface area (Å²) >= 11 is 1.20. The molecule has 31 heavy (non-hydrogen) atoms. The molecular formula is C24H20N2O4S. The van der Waals surface area contributed by atoms with E-state index in [-0.39, 0.29) is 17.6 Å². The first-order chi connectivity index (χ1) is 15.0. The Balaban J connectivity index is 1.49. The van der Waals surface area contributed by atoms with E-state index in [4.69, 9.17) is 9.15 Å². The standard InChI is InChI=1S/C24H20N2O4S/c1-15-9-11-17(12-10-15)30-19-7-4-3-6-18(19)25-24(28)22-16(2)14-21(31-22)26-23(27)20-8-5-13-29-20/h3-14H,1-2H3,(H,25,28)(H,26,27). The zero-order chi connectivity index (χ0) is 21.8. The van der Waals surface area contributed by atoms with Crippen LogP contribution in [0.5, 0.6) is 11.5 Å². The second-order valence-electron chi connectivity index (χ2n) is 6.92. The Labute approximate surface area is 183 Å². The van der Waals surface area contributed by atoms with Gasteiger partial charge in [-0.05, 0) is 61.9 Å². The Morgan fingerprint density at radius 2 is 1.68 bits per heavy atom. The first kappa shape index (κ1) is 20.4. The third-order valence-electron chi connectivity index (χ3n) is 4.49. The molecule has 156 valence electrons.